The van der Waals surface area contributed by atoms with E-state index in [1.807, 2.05) is 5.38 Å². The maximum absolute atomic E-state index is 12.9. The first-order valence-corrected chi connectivity index (χ1v) is 9.75. The van der Waals surface area contributed by atoms with E-state index in [1.165, 1.54) is 17.0 Å². The quantitative estimate of drug-likeness (QED) is 0.784. The highest BCUT2D eigenvalue weighted by Gasteiger charge is 2.24. The lowest BCUT2D eigenvalue weighted by atomic mass is 9.96. The maximum atomic E-state index is 12.9. The lowest BCUT2D eigenvalue weighted by Crippen LogP contribution is -2.37. The number of amides is 1. The molecule has 2 aromatic rings. The number of fused-ring (bicyclic) bond motifs is 1. The van der Waals surface area contributed by atoms with Crippen molar-refractivity contribution in [3.63, 3.8) is 0 Å². The summed E-state index contributed by atoms with van der Waals surface area (Å²) in [6.07, 6.45) is 3.91. The van der Waals surface area contributed by atoms with Crippen molar-refractivity contribution >= 4 is 23.2 Å². The third kappa shape index (κ3) is 4.49. The molecule has 1 N–H and O–H groups in total. The van der Waals surface area contributed by atoms with E-state index in [0.717, 1.165) is 36.8 Å². The van der Waals surface area contributed by atoms with Gasteiger partial charge in [0, 0.05) is 16.8 Å². The van der Waals surface area contributed by atoms with Crippen LogP contribution in [0.15, 0.2) is 29.6 Å². The van der Waals surface area contributed by atoms with Crippen molar-refractivity contribution in [2.24, 2.45) is 0 Å². The highest BCUT2D eigenvalue weighted by molar-refractivity contribution is 7.10. The second kappa shape index (κ2) is 8.45. The number of thiophene rings is 1. The van der Waals surface area contributed by atoms with E-state index in [0.29, 0.717) is 18.5 Å². The molecule has 1 aromatic carbocycles. The minimum Gasteiger partial charge on any atom is -0.449 e. The molecule has 1 atom stereocenters. The molecule has 0 radical (unpaired) electrons. The largest absolute Gasteiger partial charge is 0.449 e. The topological polar surface area (TPSA) is 55.4 Å². The summed E-state index contributed by atoms with van der Waals surface area (Å²) in [7, 11) is 0. The van der Waals surface area contributed by atoms with Gasteiger partial charge in [0.1, 0.15) is 5.82 Å². The fourth-order valence-electron chi connectivity index (χ4n) is 3.07. The molecule has 1 amide bonds. The number of esters is 1. The van der Waals surface area contributed by atoms with E-state index in [2.05, 4.69) is 5.32 Å². The van der Waals surface area contributed by atoms with Gasteiger partial charge in [0.15, 0.2) is 6.10 Å². The number of carbonyl (C=O) groups excluding carboxylic acids is 2. The Labute approximate surface area is 156 Å². The van der Waals surface area contributed by atoms with Crippen LogP contribution in [0.3, 0.4) is 0 Å². The van der Waals surface area contributed by atoms with Gasteiger partial charge < -0.3 is 10.1 Å². The summed E-state index contributed by atoms with van der Waals surface area (Å²) >= 11 is 1.60. The summed E-state index contributed by atoms with van der Waals surface area (Å²) in [6, 6.07) is 6.15. The van der Waals surface area contributed by atoms with Gasteiger partial charge >= 0.3 is 5.97 Å². The van der Waals surface area contributed by atoms with E-state index in [-0.39, 0.29) is 11.7 Å². The molecule has 1 aliphatic rings. The van der Waals surface area contributed by atoms with Crippen LogP contribution in [0.25, 0.3) is 0 Å². The molecule has 0 spiro atoms. The highest BCUT2D eigenvalue weighted by atomic mass is 32.1. The van der Waals surface area contributed by atoms with Crippen LogP contribution >= 0.6 is 11.3 Å². The fourth-order valence-corrected chi connectivity index (χ4v) is 4.18. The van der Waals surface area contributed by atoms with Crippen molar-refractivity contribution < 1.29 is 18.7 Å². The van der Waals surface area contributed by atoms with Crippen LogP contribution in [0.5, 0.6) is 0 Å². The Hall–Kier alpha value is -2.21. The number of carbonyl (C=O) groups is 2. The van der Waals surface area contributed by atoms with E-state index in [1.54, 1.807) is 30.4 Å². The number of halogens is 1. The van der Waals surface area contributed by atoms with Crippen LogP contribution in [-0.2, 0) is 28.8 Å². The number of nitrogens with one attached hydrogen (secondary N) is 1. The zero-order valence-electron chi connectivity index (χ0n) is 14.7. The molecule has 0 unspecified atom stereocenters. The van der Waals surface area contributed by atoms with Gasteiger partial charge in [0.25, 0.3) is 5.91 Å². The van der Waals surface area contributed by atoms with Crippen LogP contribution in [0.2, 0.25) is 0 Å². The zero-order valence-corrected chi connectivity index (χ0v) is 15.5. The number of rotatable bonds is 6. The predicted octanol–water partition coefficient (Wildman–Crippen LogP) is 3.67. The Morgan fingerprint density at radius 3 is 2.73 bits per heavy atom. The van der Waals surface area contributed by atoms with Crippen LogP contribution in [0, 0.1) is 5.82 Å². The third-order valence-electron chi connectivity index (χ3n) is 4.56. The minimum absolute atomic E-state index is 0.283. The number of hydrogen-bond acceptors (Lipinski definition) is 4. The van der Waals surface area contributed by atoms with Crippen molar-refractivity contribution in [1.29, 1.82) is 0 Å². The van der Waals surface area contributed by atoms with Crippen molar-refractivity contribution in [2.45, 2.75) is 45.1 Å². The standard InChI is InChI=1S/C20H22FNO3S/c1-13(19(23)22-11-10-14-6-8-15(21)9-7-14)25-20(24)17-12-26-18-5-3-2-4-16(17)18/h6-9,12-13H,2-5,10-11H2,1H3,(H,22,23)/t13-/m0/s1. The average Bonchev–Trinajstić information content (AvgIpc) is 3.07. The summed E-state index contributed by atoms with van der Waals surface area (Å²) in [6.45, 7) is 1.98. The number of ether oxygens (including phenoxy) is 1. The summed E-state index contributed by atoms with van der Waals surface area (Å²) in [5.41, 5.74) is 2.63. The molecule has 26 heavy (non-hydrogen) atoms. The van der Waals surface area contributed by atoms with Gasteiger partial charge in [-0.1, -0.05) is 12.1 Å². The van der Waals surface area contributed by atoms with Gasteiger partial charge in [0.2, 0.25) is 0 Å². The molecule has 4 nitrogen and oxygen atoms in total. The molecule has 0 fully saturated rings. The van der Waals surface area contributed by atoms with Crippen LogP contribution in [0.1, 0.15) is 46.1 Å². The first-order chi connectivity index (χ1) is 12.5. The molecule has 138 valence electrons. The molecule has 1 aliphatic carbocycles. The Morgan fingerprint density at radius 1 is 1.23 bits per heavy atom. The Kier molecular flexibility index (Phi) is 6.04. The normalized spacial score (nSPS) is 14.4. The Morgan fingerprint density at radius 2 is 1.96 bits per heavy atom. The number of benzene rings is 1. The van der Waals surface area contributed by atoms with E-state index in [9.17, 15) is 14.0 Å². The summed E-state index contributed by atoms with van der Waals surface area (Å²) in [4.78, 5) is 25.8. The van der Waals surface area contributed by atoms with Gasteiger partial charge in [-0.3, -0.25) is 4.79 Å². The van der Waals surface area contributed by atoms with Gasteiger partial charge in [0.05, 0.1) is 5.56 Å². The van der Waals surface area contributed by atoms with Crippen LogP contribution in [-0.4, -0.2) is 24.5 Å². The predicted molar refractivity (Wildman–Crippen MR) is 99.0 cm³/mol. The zero-order chi connectivity index (χ0) is 18.5. The lowest BCUT2D eigenvalue weighted by molar-refractivity contribution is -0.129. The smallest absolute Gasteiger partial charge is 0.340 e. The molecule has 6 heteroatoms. The van der Waals surface area contributed by atoms with Crippen LogP contribution < -0.4 is 5.32 Å². The average molecular weight is 375 g/mol. The summed E-state index contributed by atoms with van der Waals surface area (Å²) in [5.74, 6) is -1.04. The monoisotopic (exact) mass is 375 g/mol. The number of aryl methyl sites for hydroxylation is 1. The van der Waals surface area contributed by atoms with E-state index < -0.39 is 12.1 Å². The minimum atomic E-state index is -0.852. The summed E-state index contributed by atoms with van der Waals surface area (Å²) < 4.78 is 18.2. The lowest BCUT2D eigenvalue weighted by Gasteiger charge is -2.15. The first-order valence-electron chi connectivity index (χ1n) is 8.87. The van der Waals surface area contributed by atoms with Gasteiger partial charge in [-0.15, -0.1) is 11.3 Å². The fraction of sp³-hybridized carbons (Fsp3) is 0.400. The molecule has 0 aliphatic heterocycles. The van der Waals surface area contributed by atoms with E-state index in [4.69, 9.17) is 4.74 Å². The molecule has 1 heterocycles. The number of hydrogen-bond donors (Lipinski definition) is 1. The second-order valence-corrected chi connectivity index (χ2v) is 7.44. The van der Waals surface area contributed by atoms with Crippen LogP contribution in [0.4, 0.5) is 4.39 Å². The molecule has 0 saturated carbocycles. The van der Waals surface area contributed by atoms with Gasteiger partial charge in [-0.05, 0) is 62.3 Å². The van der Waals surface area contributed by atoms with Crippen molar-refractivity contribution in [3.8, 4) is 0 Å². The Bertz CT molecular complexity index is 785. The van der Waals surface area contributed by atoms with Crippen molar-refractivity contribution in [3.05, 3.63) is 57.0 Å². The molecule has 0 saturated heterocycles. The second-order valence-electron chi connectivity index (χ2n) is 6.47. The Balaban J connectivity index is 1.48. The van der Waals surface area contributed by atoms with Gasteiger partial charge in [-0.2, -0.15) is 0 Å². The molecule has 3 rings (SSSR count). The SMILES string of the molecule is C[C@H](OC(=O)c1csc2c1CCCC2)C(=O)NCCc1ccc(F)cc1. The van der Waals surface area contributed by atoms with E-state index >= 15 is 0 Å². The van der Waals surface area contributed by atoms with Gasteiger partial charge in [-0.25, -0.2) is 9.18 Å². The molecular formula is C20H22FNO3S. The molecule has 0 bridgehead atoms. The van der Waals surface area contributed by atoms with Crippen molar-refractivity contribution in [1.82, 2.24) is 5.32 Å². The molecule has 1 aromatic heterocycles. The third-order valence-corrected chi connectivity index (χ3v) is 5.65. The summed E-state index contributed by atoms with van der Waals surface area (Å²) in [5, 5.41) is 4.60. The maximum Gasteiger partial charge on any atom is 0.340 e. The first kappa shape index (κ1) is 18.6. The van der Waals surface area contributed by atoms with Crippen molar-refractivity contribution in [2.75, 3.05) is 6.54 Å². The molecular weight excluding hydrogens is 353 g/mol. The highest BCUT2D eigenvalue weighted by Crippen LogP contribution is 2.30.